The highest BCUT2D eigenvalue weighted by molar-refractivity contribution is 6.02. The minimum absolute atomic E-state index is 0.0651. The molecule has 218 valence electrons. The molecule has 0 radical (unpaired) electrons. The van der Waals surface area contributed by atoms with E-state index in [2.05, 4.69) is 15.8 Å². The molecule has 1 aromatic heterocycles. The van der Waals surface area contributed by atoms with Crippen molar-refractivity contribution in [3.05, 3.63) is 101 Å². The molecule has 9 heteroatoms. The summed E-state index contributed by atoms with van der Waals surface area (Å²) in [6.07, 6.45) is 1.83. The summed E-state index contributed by atoms with van der Waals surface area (Å²) in [4.78, 5) is 38.4. The van der Waals surface area contributed by atoms with Gasteiger partial charge in [0, 0.05) is 28.6 Å². The van der Waals surface area contributed by atoms with E-state index >= 15 is 0 Å². The maximum Gasteiger partial charge on any atom is 0.325 e. The lowest BCUT2D eigenvalue weighted by atomic mass is 10.1. The number of hydrogen-bond acceptors (Lipinski definition) is 6. The fraction of sp³-hybridized carbons (Fsp3) is 0.273. The lowest BCUT2D eigenvalue weighted by Gasteiger charge is -2.18. The third-order valence-electron chi connectivity index (χ3n) is 6.93. The molecule has 0 aliphatic carbocycles. The van der Waals surface area contributed by atoms with Crippen LogP contribution in [0.25, 0.3) is 10.9 Å². The van der Waals surface area contributed by atoms with Gasteiger partial charge in [-0.15, -0.1) is 0 Å². The van der Waals surface area contributed by atoms with Crippen molar-refractivity contribution >= 4 is 34.9 Å². The third kappa shape index (κ3) is 7.42. The molecule has 0 spiro atoms. The minimum atomic E-state index is -0.884. The summed E-state index contributed by atoms with van der Waals surface area (Å²) in [5.41, 5.74) is 7.75. The van der Waals surface area contributed by atoms with E-state index in [0.29, 0.717) is 12.4 Å². The Morgan fingerprint density at radius 2 is 1.62 bits per heavy atom. The number of nitrogens with zero attached hydrogens (tertiary/aromatic N) is 2. The zero-order valence-electron chi connectivity index (χ0n) is 24.3. The van der Waals surface area contributed by atoms with Crippen molar-refractivity contribution in [3.8, 4) is 5.75 Å². The van der Waals surface area contributed by atoms with E-state index in [1.807, 2.05) is 98.1 Å². The van der Waals surface area contributed by atoms with Crippen LogP contribution in [0.4, 0.5) is 0 Å². The number of carbonyl (C=O) groups excluding carboxylic acids is 3. The summed E-state index contributed by atoms with van der Waals surface area (Å²) in [5.74, 6) is -0.572. The van der Waals surface area contributed by atoms with Gasteiger partial charge in [0.2, 0.25) is 0 Å². The summed E-state index contributed by atoms with van der Waals surface area (Å²) >= 11 is 0. The van der Waals surface area contributed by atoms with Crippen LogP contribution in [-0.4, -0.2) is 47.8 Å². The number of aryl methyl sites for hydroxylation is 2. The van der Waals surface area contributed by atoms with Crippen molar-refractivity contribution in [2.45, 2.75) is 46.7 Å². The Labute approximate surface area is 245 Å². The van der Waals surface area contributed by atoms with Crippen LogP contribution >= 0.6 is 0 Å². The molecule has 0 unspecified atom stereocenters. The van der Waals surface area contributed by atoms with Gasteiger partial charge in [0.25, 0.3) is 11.8 Å². The van der Waals surface area contributed by atoms with Gasteiger partial charge in [-0.05, 0) is 50.5 Å². The van der Waals surface area contributed by atoms with Crippen molar-refractivity contribution in [2.75, 3.05) is 13.2 Å². The molecule has 1 heterocycles. The Bertz CT molecular complexity index is 1570. The van der Waals surface area contributed by atoms with Crippen molar-refractivity contribution in [2.24, 2.45) is 5.10 Å². The topological polar surface area (TPSA) is 111 Å². The highest BCUT2D eigenvalue weighted by Crippen LogP contribution is 2.25. The highest BCUT2D eigenvalue weighted by atomic mass is 16.5. The average Bonchev–Trinajstić information content (AvgIpc) is 3.23. The van der Waals surface area contributed by atoms with E-state index in [-0.39, 0.29) is 25.5 Å². The Morgan fingerprint density at radius 3 is 2.33 bits per heavy atom. The molecule has 2 N–H and O–H groups in total. The first kappa shape index (κ1) is 30.0. The second-order valence-corrected chi connectivity index (χ2v) is 9.96. The number of hydrazone groups is 1. The molecule has 3 aromatic carbocycles. The van der Waals surface area contributed by atoms with Crippen LogP contribution in [0.2, 0.25) is 0 Å². The normalized spacial score (nSPS) is 11.8. The van der Waals surface area contributed by atoms with Crippen LogP contribution in [0.3, 0.4) is 0 Å². The molecule has 9 nitrogen and oxygen atoms in total. The second-order valence-electron chi connectivity index (χ2n) is 9.96. The van der Waals surface area contributed by atoms with Crippen LogP contribution in [0.5, 0.6) is 5.75 Å². The highest BCUT2D eigenvalue weighted by Gasteiger charge is 2.22. The number of para-hydroxylation sites is 2. The van der Waals surface area contributed by atoms with Gasteiger partial charge < -0.3 is 19.4 Å². The van der Waals surface area contributed by atoms with Gasteiger partial charge in [0.05, 0.1) is 12.8 Å². The fourth-order valence-electron chi connectivity index (χ4n) is 4.86. The molecule has 4 rings (SSSR count). The molecular formula is C33H36N4O5. The van der Waals surface area contributed by atoms with Gasteiger partial charge in [0.15, 0.2) is 6.61 Å². The fourth-order valence-corrected chi connectivity index (χ4v) is 4.86. The number of fused-ring (bicyclic) bond motifs is 1. The first-order chi connectivity index (χ1) is 20.3. The molecule has 2 amide bonds. The molecular weight excluding hydrogens is 532 g/mol. The van der Waals surface area contributed by atoms with E-state index in [4.69, 9.17) is 9.47 Å². The van der Waals surface area contributed by atoms with Crippen molar-refractivity contribution in [1.29, 1.82) is 0 Å². The first-order valence-corrected chi connectivity index (χ1v) is 13.9. The van der Waals surface area contributed by atoms with Crippen molar-refractivity contribution in [1.82, 2.24) is 15.3 Å². The van der Waals surface area contributed by atoms with Gasteiger partial charge in [-0.25, -0.2) is 5.43 Å². The van der Waals surface area contributed by atoms with Crippen molar-refractivity contribution < 1.29 is 23.9 Å². The Kier molecular flexibility index (Phi) is 10.1. The van der Waals surface area contributed by atoms with E-state index in [0.717, 1.165) is 38.9 Å². The lowest BCUT2D eigenvalue weighted by molar-refractivity contribution is -0.143. The molecule has 0 bridgehead atoms. The van der Waals surface area contributed by atoms with E-state index in [9.17, 15) is 14.4 Å². The number of hydrogen-bond donors (Lipinski definition) is 2. The number of benzene rings is 3. The second kappa shape index (κ2) is 14.1. The molecule has 42 heavy (non-hydrogen) atoms. The number of esters is 1. The van der Waals surface area contributed by atoms with Gasteiger partial charge >= 0.3 is 5.97 Å². The summed E-state index contributed by atoms with van der Waals surface area (Å²) in [5, 5.41) is 7.91. The summed E-state index contributed by atoms with van der Waals surface area (Å²) in [6, 6.07) is 22.0. The van der Waals surface area contributed by atoms with Crippen molar-refractivity contribution in [3.63, 3.8) is 0 Å². The van der Waals surface area contributed by atoms with Gasteiger partial charge in [-0.1, -0.05) is 66.7 Å². The Morgan fingerprint density at radius 1 is 0.929 bits per heavy atom. The Hall–Kier alpha value is -4.92. The predicted octanol–water partition coefficient (Wildman–Crippen LogP) is 4.39. The zero-order chi connectivity index (χ0) is 30.1. The van der Waals surface area contributed by atoms with E-state index < -0.39 is 17.9 Å². The SMILES string of the molecule is CCOC(=O)Cn1c(C)c(/C=N\NC(=O)[C@H](Cc2ccccc2)NC(=O)COc2c(C)cccc2C)c2ccccc21. The van der Waals surface area contributed by atoms with Gasteiger partial charge in [-0.3, -0.25) is 14.4 Å². The van der Waals surface area contributed by atoms with E-state index in [1.54, 1.807) is 13.1 Å². The summed E-state index contributed by atoms with van der Waals surface area (Å²) in [6.45, 7) is 7.62. The number of amides is 2. The third-order valence-corrected chi connectivity index (χ3v) is 6.93. The van der Waals surface area contributed by atoms with Crippen LogP contribution in [0, 0.1) is 20.8 Å². The first-order valence-electron chi connectivity index (χ1n) is 13.9. The zero-order valence-corrected chi connectivity index (χ0v) is 24.3. The molecule has 0 aliphatic rings. The van der Waals surface area contributed by atoms with Gasteiger partial charge in [0.1, 0.15) is 18.3 Å². The standard InChI is InChI=1S/C33H36N4O5/c1-5-41-31(39)20-37-24(4)27(26-16-9-10-17-29(26)37)19-34-36-33(40)28(18-25-14-7-6-8-15-25)35-30(38)21-42-32-22(2)12-11-13-23(32)3/h6-17,19,28H,5,18,20-21H2,1-4H3,(H,35,38)(H,36,40)/b34-19-/t28-/m0/s1. The van der Waals surface area contributed by atoms with E-state index in [1.165, 1.54) is 0 Å². The van der Waals surface area contributed by atoms with Crippen LogP contribution in [0.1, 0.15) is 34.9 Å². The summed E-state index contributed by atoms with van der Waals surface area (Å²) in [7, 11) is 0. The number of nitrogens with one attached hydrogen (secondary N) is 2. The molecule has 4 aromatic rings. The Balaban J connectivity index is 1.49. The maximum atomic E-state index is 13.3. The van der Waals surface area contributed by atoms with Crippen LogP contribution in [-0.2, 0) is 32.1 Å². The lowest BCUT2D eigenvalue weighted by Crippen LogP contribution is -2.48. The smallest absolute Gasteiger partial charge is 0.325 e. The van der Waals surface area contributed by atoms with Crippen LogP contribution in [0.15, 0.2) is 77.9 Å². The summed E-state index contributed by atoms with van der Waals surface area (Å²) < 4.78 is 12.8. The van der Waals surface area contributed by atoms with Crippen LogP contribution < -0.4 is 15.5 Å². The maximum absolute atomic E-state index is 13.3. The monoisotopic (exact) mass is 568 g/mol. The molecule has 0 saturated carbocycles. The number of ether oxygens (including phenoxy) is 2. The quantitative estimate of drug-likeness (QED) is 0.150. The molecule has 0 saturated heterocycles. The molecule has 0 aliphatic heterocycles. The largest absolute Gasteiger partial charge is 0.483 e. The van der Waals surface area contributed by atoms with Gasteiger partial charge in [-0.2, -0.15) is 5.10 Å². The molecule has 1 atom stereocenters. The number of aromatic nitrogens is 1. The average molecular weight is 569 g/mol. The predicted molar refractivity (Wildman–Crippen MR) is 163 cm³/mol. The number of carbonyl (C=O) groups is 3. The molecule has 0 fully saturated rings. The minimum Gasteiger partial charge on any atom is -0.483 e. The number of rotatable bonds is 12.